The van der Waals surface area contributed by atoms with Gasteiger partial charge in [-0.15, -0.1) is 11.3 Å². The van der Waals surface area contributed by atoms with Gasteiger partial charge in [0.15, 0.2) is 0 Å². The van der Waals surface area contributed by atoms with Crippen LogP contribution in [-0.4, -0.2) is 11.1 Å². The number of aromatic nitrogens is 1. The van der Waals surface area contributed by atoms with Gasteiger partial charge in [0.1, 0.15) is 15.4 Å². The quantitative estimate of drug-likeness (QED) is 0.788. The Morgan fingerprint density at radius 2 is 2.18 bits per heavy atom. The van der Waals surface area contributed by atoms with Crippen LogP contribution in [0.15, 0.2) is 28.2 Å². The van der Waals surface area contributed by atoms with Crippen LogP contribution in [0.5, 0.6) is 5.75 Å². The highest BCUT2D eigenvalue weighted by Crippen LogP contribution is 2.33. The van der Waals surface area contributed by atoms with Gasteiger partial charge in [0, 0.05) is 10.9 Å². The van der Waals surface area contributed by atoms with Gasteiger partial charge >= 0.3 is 0 Å². The highest BCUT2D eigenvalue weighted by atomic mass is 79.9. The lowest BCUT2D eigenvalue weighted by molar-refractivity contribution is 0.242. The Balaban J connectivity index is 2.30. The summed E-state index contributed by atoms with van der Waals surface area (Å²) >= 11 is 11.1. The number of thiazole rings is 1. The molecule has 0 atom stereocenters. The van der Waals surface area contributed by atoms with Crippen molar-refractivity contribution in [3.63, 3.8) is 0 Å². The molecular formula is C12H11BrClNOS. The molecule has 0 amide bonds. The molecule has 2 rings (SSSR count). The van der Waals surface area contributed by atoms with E-state index in [2.05, 4.69) is 20.9 Å². The number of hydrogen-bond acceptors (Lipinski definition) is 3. The molecule has 0 unspecified atom stereocenters. The molecule has 0 N–H and O–H groups in total. The van der Waals surface area contributed by atoms with E-state index in [-0.39, 0.29) is 6.10 Å². The third-order valence-electron chi connectivity index (χ3n) is 2.02. The lowest BCUT2D eigenvalue weighted by Crippen LogP contribution is -2.05. The first kappa shape index (κ1) is 12.9. The number of halogens is 2. The Kier molecular flexibility index (Phi) is 4.07. The van der Waals surface area contributed by atoms with Crippen molar-refractivity contribution < 1.29 is 4.74 Å². The van der Waals surface area contributed by atoms with Gasteiger partial charge in [-0.05, 0) is 48.0 Å². The molecule has 0 bridgehead atoms. The number of nitrogens with zero attached hydrogens (tertiary/aromatic N) is 1. The van der Waals surface area contributed by atoms with E-state index in [1.165, 1.54) is 0 Å². The van der Waals surface area contributed by atoms with Crippen molar-refractivity contribution in [1.82, 2.24) is 4.98 Å². The van der Waals surface area contributed by atoms with E-state index in [9.17, 15) is 0 Å². The highest BCUT2D eigenvalue weighted by Gasteiger charge is 2.08. The molecule has 1 heterocycles. The lowest BCUT2D eigenvalue weighted by Gasteiger charge is -2.11. The Morgan fingerprint density at radius 1 is 1.41 bits per heavy atom. The molecule has 17 heavy (non-hydrogen) atoms. The van der Waals surface area contributed by atoms with E-state index in [4.69, 9.17) is 16.3 Å². The summed E-state index contributed by atoms with van der Waals surface area (Å²) in [6.45, 7) is 3.95. The second-order valence-corrected chi connectivity index (χ2v) is 5.86. The summed E-state index contributed by atoms with van der Waals surface area (Å²) in [7, 11) is 0. The van der Waals surface area contributed by atoms with Crippen molar-refractivity contribution in [3.05, 3.63) is 33.2 Å². The molecule has 1 aromatic carbocycles. The Morgan fingerprint density at radius 3 is 2.71 bits per heavy atom. The summed E-state index contributed by atoms with van der Waals surface area (Å²) in [6.07, 6.45) is 0.118. The van der Waals surface area contributed by atoms with E-state index >= 15 is 0 Å². The van der Waals surface area contributed by atoms with Crippen LogP contribution in [0.4, 0.5) is 0 Å². The smallest absolute Gasteiger partial charge is 0.138 e. The molecule has 0 saturated heterocycles. The Hall–Kier alpha value is -0.580. The standard InChI is InChI=1S/C12H11BrClNOS/c1-7(2)16-10-4-3-8(5-9(10)14)12-15-11(13)6-17-12/h3-7H,1-2H3. The average Bonchev–Trinajstić information content (AvgIpc) is 2.67. The average molecular weight is 333 g/mol. The van der Waals surface area contributed by atoms with Gasteiger partial charge in [-0.25, -0.2) is 4.98 Å². The minimum atomic E-state index is 0.118. The maximum Gasteiger partial charge on any atom is 0.138 e. The second kappa shape index (κ2) is 5.38. The largest absolute Gasteiger partial charge is 0.489 e. The molecule has 90 valence electrons. The fourth-order valence-corrected chi connectivity index (χ4v) is 2.85. The number of hydrogen-bond donors (Lipinski definition) is 0. The van der Waals surface area contributed by atoms with E-state index in [1.807, 2.05) is 37.4 Å². The summed E-state index contributed by atoms with van der Waals surface area (Å²) in [5.74, 6) is 0.709. The van der Waals surface area contributed by atoms with Gasteiger partial charge in [-0.2, -0.15) is 0 Å². The summed E-state index contributed by atoms with van der Waals surface area (Å²) in [5.41, 5.74) is 1.00. The molecular weight excluding hydrogens is 322 g/mol. The van der Waals surface area contributed by atoms with Gasteiger partial charge in [-0.3, -0.25) is 0 Å². The molecule has 1 aromatic heterocycles. The topological polar surface area (TPSA) is 22.1 Å². The molecule has 0 spiro atoms. The number of ether oxygens (including phenoxy) is 1. The van der Waals surface area contributed by atoms with Crippen LogP contribution in [0.2, 0.25) is 5.02 Å². The molecule has 2 nitrogen and oxygen atoms in total. The van der Waals surface area contributed by atoms with E-state index in [1.54, 1.807) is 11.3 Å². The Bertz CT molecular complexity index is 527. The van der Waals surface area contributed by atoms with Crippen LogP contribution in [0.1, 0.15) is 13.8 Å². The van der Waals surface area contributed by atoms with Crippen molar-refractivity contribution in [2.24, 2.45) is 0 Å². The van der Waals surface area contributed by atoms with Gasteiger partial charge in [0.05, 0.1) is 11.1 Å². The van der Waals surface area contributed by atoms with E-state index in [0.29, 0.717) is 10.8 Å². The van der Waals surface area contributed by atoms with Crippen molar-refractivity contribution in [2.75, 3.05) is 0 Å². The minimum Gasteiger partial charge on any atom is -0.489 e. The maximum atomic E-state index is 6.17. The van der Waals surface area contributed by atoms with Crippen molar-refractivity contribution >= 4 is 38.9 Å². The van der Waals surface area contributed by atoms with Crippen LogP contribution < -0.4 is 4.74 Å². The number of benzene rings is 1. The summed E-state index contributed by atoms with van der Waals surface area (Å²) in [4.78, 5) is 4.35. The minimum absolute atomic E-state index is 0.118. The van der Waals surface area contributed by atoms with E-state index < -0.39 is 0 Å². The SMILES string of the molecule is CC(C)Oc1ccc(-c2nc(Br)cs2)cc1Cl. The van der Waals surface area contributed by atoms with Gasteiger partial charge in [0.2, 0.25) is 0 Å². The molecule has 0 radical (unpaired) electrons. The molecule has 5 heteroatoms. The molecule has 0 aliphatic heterocycles. The normalized spacial score (nSPS) is 10.9. The monoisotopic (exact) mass is 331 g/mol. The molecule has 0 saturated carbocycles. The zero-order valence-electron chi connectivity index (χ0n) is 9.41. The van der Waals surface area contributed by atoms with Gasteiger partial charge in [0.25, 0.3) is 0 Å². The van der Waals surface area contributed by atoms with Gasteiger partial charge < -0.3 is 4.74 Å². The molecule has 0 aliphatic rings. The zero-order valence-corrected chi connectivity index (χ0v) is 12.6. The number of rotatable bonds is 3. The summed E-state index contributed by atoms with van der Waals surface area (Å²) in [6, 6.07) is 5.73. The summed E-state index contributed by atoms with van der Waals surface area (Å²) in [5, 5.41) is 3.50. The molecule has 2 aromatic rings. The van der Waals surface area contributed by atoms with Crippen molar-refractivity contribution in [2.45, 2.75) is 20.0 Å². The molecule has 0 fully saturated rings. The summed E-state index contributed by atoms with van der Waals surface area (Å²) < 4.78 is 6.43. The van der Waals surface area contributed by atoms with E-state index in [0.717, 1.165) is 15.2 Å². The maximum absolute atomic E-state index is 6.17. The van der Waals surface area contributed by atoms with Crippen molar-refractivity contribution in [3.8, 4) is 16.3 Å². The zero-order chi connectivity index (χ0) is 12.4. The fourth-order valence-electron chi connectivity index (χ4n) is 1.37. The van der Waals surface area contributed by atoms with Gasteiger partial charge in [-0.1, -0.05) is 11.6 Å². The Labute approximate surface area is 118 Å². The van der Waals surface area contributed by atoms with Crippen molar-refractivity contribution in [1.29, 1.82) is 0 Å². The first-order valence-corrected chi connectivity index (χ1v) is 7.19. The predicted octanol–water partition coefficient (Wildman–Crippen LogP) is 5.01. The molecule has 0 aliphatic carbocycles. The van der Waals surface area contributed by atoms with Crippen LogP contribution in [0, 0.1) is 0 Å². The third-order valence-corrected chi connectivity index (χ3v) is 3.91. The lowest BCUT2D eigenvalue weighted by atomic mass is 10.2. The van der Waals surface area contributed by atoms with Crippen LogP contribution >= 0.6 is 38.9 Å². The predicted molar refractivity (Wildman–Crippen MR) is 76.0 cm³/mol. The first-order chi connectivity index (χ1) is 8.06. The van der Waals surface area contributed by atoms with Crippen LogP contribution in [0.25, 0.3) is 10.6 Å². The van der Waals surface area contributed by atoms with Crippen LogP contribution in [0.3, 0.4) is 0 Å². The van der Waals surface area contributed by atoms with Crippen LogP contribution in [-0.2, 0) is 0 Å². The first-order valence-electron chi connectivity index (χ1n) is 5.14. The fraction of sp³-hybridized carbons (Fsp3) is 0.250. The second-order valence-electron chi connectivity index (χ2n) is 3.79. The third kappa shape index (κ3) is 3.21. The highest BCUT2D eigenvalue weighted by molar-refractivity contribution is 9.10.